The molecular weight excluding hydrogens is 1630 g/mol. The Labute approximate surface area is 773 Å². The van der Waals surface area contributed by atoms with Crippen molar-refractivity contribution >= 4 is 118 Å². The molecule has 624 valence electrons. The zero-order valence-corrected chi connectivity index (χ0v) is 72.6. The number of nitrogens with zero attached hydrogens (tertiary/aromatic N) is 9. The van der Waals surface area contributed by atoms with Gasteiger partial charge in [0.15, 0.2) is 52.4 Å². The SMILES string of the molecule is c1ccc(-c2ccc(-c3nc(-c4ccc(-c5ccccc5)cc4)nc(-c4ccc5c(ccc6ccc7ccccc7c65)c4)n3)cc2)cc1.c1ccc(-c2cccc(-c3nc(-c4ccccc4)nc(-c4ccc5c(ccc6ccc7ccccc7c65)c4)n3)c2)cc1.c1ccc2cc(-c3nc(-c4ccc5ccccc5c4)nc(-c4ccc5c(ccc6ccc7ccccc7c65)c4)n3)ccc2c1. The molecule has 0 bridgehead atoms. The smallest absolute Gasteiger partial charge is 0.164 e. The molecule has 9 nitrogen and oxygen atoms in total. The Morgan fingerprint density at radius 1 is 0.0896 bits per heavy atom. The Morgan fingerprint density at radius 3 is 0.597 bits per heavy atom. The van der Waals surface area contributed by atoms with E-state index in [0.29, 0.717) is 52.4 Å². The lowest BCUT2D eigenvalue weighted by atomic mass is 9.95. The topological polar surface area (TPSA) is 116 Å². The molecule has 0 amide bonds. The maximum Gasteiger partial charge on any atom is 0.164 e. The summed E-state index contributed by atoms with van der Waals surface area (Å²) in [5.74, 6) is 5.88. The molecule has 0 unspecified atom stereocenters. The fraction of sp³-hybridized carbons (Fsp3) is 0. The van der Waals surface area contributed by atoms with Crippen LogP contribution in [0.4, 0.5) is 0 Å². The second-order valence-electron chi connectivity index (χ2n) is 33.9. The summed E-state index contributed by atoms with van der Waals surface area (Å²) in [4.78, 5) is 45.3. The summed E-state index contributed by atoms with van der Waals surface area (Å²) >= 11 is 0. The van der Waals surface area contributed by atoms with E-state index in [2.05, 4.69) is 431 Å². The van der Waals surface area contributed by atoms with Gasteiger partial charge in [0.2, 0.25) is 0 Å². The van der Waals surface area contributed by atoms with Crippen LogP contribution in [0.3, 0.4) is 0 Å². The van der Waals surface area contributed by atoms with E-state index in [1.54, 1.807) is 0 Å². The summed E-state index contributed by atoms with van der Waals surface area (Å²) in [6.07, 6.45) is 0. The zero-order chi connectivity index (χ0) is 88.8. The van der Waals surface area contributed by atoms with Crippen molar-refractivity contribution in [3.63, 3.8) is 0 Å². The Morgan fingerprint density at radius 2 is 0.269 bits per heavy atom. The fourth-order valence-corrected chi connectivity index (χ4v) is 18.8. The zero-order valence-electron chi connectivity index (χ0n) is 72.6. The Hall–Kier alpha value is -18.1. The van der Waals surface area contributed by atoms with Gasteiger partial charge in [-0.05, 0) is 188 Å². The molecule has 9 heteroatoms. The Bertz CT molecular complexity index is 8850. The van der Waals surface area contributed by atoms with Gasteiger partial charge >= 0.3 is 0 Å². The van der Waals surface area contributed by atoms with E-state index in [4.69, 9.17) is 44.9 Å². The molecule has 0 saturated carbocycles. The third kappa shape index (κ3) is 15.5. The van der Waals surface area contributed by atoms with E-state index in [1.807, 2.05) is 48.5 Å². The van der Waals surface area contributed by atoms with Crippen LogP contribution in [0.25, 0.3) is 254 Å². The maximum atomic E-state index is 5.07. The average Bonchev–Trinajstić information content (AvgIpc) is 0.754. The third-order valence-corrected chi connectivity index (χ3v) is 25.6. The quantitative estimate of drug-likeness (QED) is 0.110. The predicted octanol–water partition coefficient (Wildman–Crippen LogP) is 32.3. The van der Waals surface area contributed by atoms with Crippen molar-refractivity contribution in [3.8, 4) is 136 Å². The number of benzene rings is 23. The minimum atomic E-state index is 0.645. The largest absolute Gasteiger partial charge is 0.208 e. The first kappa shape index (κ1) is 79.4. The molecule has 0 aliphatic rings. The van der Waals surface area contributed by atoms with Crippen LogP contribution >= 0.6 is 0 Å². The van der Waals surface area contributed by atoms with E-state index in [-0.39, 0.29) is 0 Å². The summed E-state index contributed by atoms with van der Waals surface area (Å²) < 4.78 is 0. The van der Waals surface area contributed by atoms with E-state index in [0.717, 1.165) is 99.3 Å². The van der Waals surface area contributed by atoms with Gasteiger partial charge in [0.25, 0.3) is 0 Å². The molecule has 0 radical (unpaired) electrons. The van der Waals surface area contributed by atoms with Gasteiger partial charge in [-0.2, -0.15) is 0 Å². The molecule has 0 aliphatic carbocycles. The van der Waals surface area contributed by atoms with Crippen LogP contribution in [0, 0.1) is 0 Å². The highest BCUT2D eigenvalue weighted by Gasteiger charge is 2.21. The molecule has 3 heterocycles. The van der Waals surface area contributed by atoms with Gasteiger partial charge in [0.1, 0.15) is 0 Å². The molecular formula is C125H79N9. The minimum absolute atomic E-state index is 0.645. The van der Waals surface area contributed by atoms with Crippen LogP contribution in [0.5, 0.6) is 0 Å². The molecule has 0 N–H and O–H groups in total. The molecule has 26 rings (SSSR count). The lowest BCUT2D eigenvalue weighted by molar-refractivity contribution is 1.07. The predicted molar refractivity (Wildman–Crippen MR) is 557 cm³/mol. The Balaban J connectivity index is 0.000000111. The van der Waals surface area contributed by atoms with Crippen LogP contribution in [0.1, 0.15) is 0 Å². The number of fused-ring (bicyclic) bond motifs is 17. The highest BCUT2D eigenvalue weighted by molar-refractivity contribution is 6.23. The van der Waals surface area contributed by atoms with Gasteiger partial charge in [0.05, 0.1) is 0 Å². The third-order valence-electron chi connectivity index (χ3n) is 25.6. The van der Waals surface area contributed by atoms with Crippen molar-refractivity contribution in [1.82, 2.24) is 44.9 Å². The summed E-state index contributed by atoms with van der Waals surface area (Å²) in [6.45, 7) is 0. The lowest BCUT2D eigenvalue weighted by Crippen LogP contribution is -2.00. The molecule has 23 aromatic carbocycles. The van der Waals surface area contributed by atoms with Crippen molar-refractivity contribution in [2.45, 2.75) is 0 Å². The summed E-state index contributed by atoms with van der Waals surface area (Å²) in [5, 5.41) is 26.9. The molecule has 3 aromatic heterocycles. The van der Waals surface area contributed by atoms with E-state index < -0.39 is 0 Å². The molecule has 0 atom stereocenters. The van der Waals surface area contributed by atoms with Crippen LogP contribution in [0.15, 0.2) is 479 Å². The van der Waals surface area contributed by atoms with Crippen LogP contribution in [-0.2, 0) is 0 Å². The highest BCUT2D eigenvalue weighted by Crippen LogP contribution is 2.42. The molecule has 134 heavy (non-hydrogen) atoms. The van der Waals surface area contributed by atoms with Crippen molar-refractivity contribution in [3.05, 3.63) is 479 Å². The molecule has 0 saturated heterocycles. The van der Waals surface area contributed by atoms with Crippen molar-refractivity contribution in [1.29, 1.82) is 0 Å². The Kier molecular flexibility index (Phi) is 20.4. The lowest BCUT2D eigenvalue weighted by Gasteiger charge is -2.12. The second kappa shape index (κ2) is 34.5. The number of hydrogen-bond donors (Lipinski definition) is 0. The van der Waals surface area contributed by atoms with Crippen LogP contribution in [0.2, 0.25) is 0 Å². The van der Waals surface area contributed by atoms with Gasteiger partial charge in [0, 0.05) is 50.1 Å². The monoisotopic (exact) mass is 1710 g/mol. The molecule has 26 aromatic rings. The molecule has 0 aliphatic heterocycles. The summed E-state index contributed by atoms with van der Waals surface area (Å²) in [5.41, 5.74) is 15.5. The standard InChI is InChI=1S/C45H29N3.C41H25N3.C39H25N3/c1-3-9-30(10-4-1)32-15-22-36(23-16-32)43-46-44(37-24-17-33(18-25-37)31-11-5-2-6-12-31)48-45(47-43)39-27-28-41-38(29-39)26-21-35-20-19-34-13-7-8-14-40(34)42(35)41;1-3-10-30-23-33(19-13-26(30)7-1)39-42-40(34-20-14-27-8-2-4-11-31(27)24-34)44-41(43-39)35-21-22-37-32(25-35)18-17-29-16-15-28-9-5-6-12-36(28)38(29)37;1-3-10-26(11-4-1)30-15-9-16-32(24-30)38-40-37(29-13-5-2-6-14-29)41-39(42-38)33-22-23-35-31(25-33)21-20-28-19-18-27-12-7-8-17-34(27)36(28)35/h1-29H;1-25H;1-25H. The first-order chi connectivity index (χ1) is 66.3. The molecule has 0 spiro atoms. The van der Waals surface area contributed by atoms with Gasteiger partial charge in [-0.25, -0.2) is 44.9 Å². The molecule has 0 fully saturated rings. The second-order valence-corrected chi connectivity index (χ2v) is 33.9. The first-order valence-electron chi connectivity index (χ1n) is 45.2. The van der Waals surface area contributed by atoms with Crippen molar-refractivity contribution < 1.29 is 0 Å². The maximum absolute atomic E-state index is 5.07. The van der Waals surface area contributed by atoms with Gasteiger partial charge in [-0.3, -0.25) is 0 Å². The van der Waals surface area contributed by atoms with Gasteiger partial charge in [-0.15, -0.1) is 0 Å². The van der Waals surface area contributed by atoms with Gasteiger partial charge < -0.3 is 0 Å². The number of aromatic nitrogens is 9. The summed E-state index contributed by atoms with van der Waals surface area (Å²) in [6, 6.07) is 168. The normalized spacial score (nSPS) is 11.4. The average molecular weight is 1710 g/mol. The fourth-order valence-electron chi connectivity index (χ4n) is 18.8. The van der Waals surface area contributed by atoms with E-state index in [1.165, 1.54) is 103 Å². The van der Waals surface area contributed by atoms with Crippen molar-refractivity contribution in [2.24, 2.45) is 0 Å². The number of rotatable bonds is 12. The van der Waals surface area contributed by atoms with Crippen molar-refractivity contribution in [2.75, 3.05) is 0 Å². The van der Waals surface area contributed by atoms with Crippen LogP contribution < -0.4 is 0 Å². The minimum Gasteiger partial charge on any atom is -0.208 e. The van der Waals surface area contributed by atoms with Crippen LogP contribution in [-0.4, -0.2) is 44.9 Å². The van der Waals surface area contributed by atoms with Gasteiger partial charge in [-0.1, -0.05) is 443 Å². The van der Waals surface area contributed by atoms with E-state index in [9.17, 15) is 0 Å². The summed E-state index contributed by atoms with van der Waals surface area (Å²) in [7, 11) is 0. The first-order valence-corrected chi connectivity index (χ1v) is 45.2. The highest BCUT2D eigenvalue weighted by atomic mass is 15.1. The van der Waals surface area contributed by atoms with E-state index >= 15 is 0 Å². The number of hydrogen-bond acceptors (Lipinski definition) is 9.